The molecular formula is C32H37ClFN3O7S. The zero-order chi connectivity index (χ0) is 32.5. The molecule has 1 saturated heterocycles. The molecule has 1 aromatic heterocycles. The van der Waals surface area contributed by atoms with Crippen LogP contribution in [-0.2, 0) is 42.4 Å². The number of ether oxygens (including phenoxy) is 2. The maximum absolute atomic E-state index is 15.6. The Balaban J connectivity index is 1.40. The number of aromatic nitrogens is 1. The van der Waals surface area contributed by atoms with Gasteiger partial charge >= 0.3 is 5.97 Å². The molecule has 0 radical (unpaired) electrons. The predicted octanol–water partition coefficient (Wildman–Crippen LogP) is 4.88. The van der Waals surface area contributed by atoms with Crippen molar-refractivity contribution in [3.63, 3.8) is 0 Å². The molecule has 2 aromatic carbocycles. The summed E-state index contributed by atoms with van der Waals surface area (Å²) in [5, 5.41) is 1.03. The zero-order valence-electron chi connectivity index (χ0n) is 25.5. The van der Waals surface area contributed by atoms with E-state index in [1.165, 1.54) is 18.1 Å². The van der Waals surface area contributed by atoms with E-state index in [0.717, 1.165) is 17.8 Å². The Morgan fingerprint density at radius 3 is 2.40 bits per heavy atom. The van der Waals surface area contributed by atoms with Crippen molar-refractivity contribution in [2.24, 2.45) is 13.0 Å². The number of hydrogen-bond acceptors (Lipinski definition) is 8. The molecule has 45 heavy (non-hydrogen) atoms. The van der Waals surface area contributed by atoms with Crippen LogP contribution in [-0.4, -0.2) is 73.2 Å². The Labute approximate surface area is 266 Å². The monoisotopic (exact) mass is 661 g/mol. The molecule has 2 heterocycles. The number of amides is 1. The second kappa shape index (κ2) is 13.2. The minimum absolute atomic E-state index is 0.0100. The van der Waals surface area contributed by atoms with Gasteiger partial charge in [-0.15, -0.1) is 0 Å². The summed E-state index contributed by atoms with van der Waals surface area (Å²) in [7, 11) is -1.07. The van der Waals surface area contributed by atoms with Gasteiger partial charge in [0.05, 0.1) is 35.4 Å². The predicted molar refractivity (Wildman–Crippen MR) is 168 cm³/mol. The van der Waals surface area contributed by atoms with Crippen LogP contribution in [0.3, 0.4) is 0 Å². The van der Waals surface area contributed by atoms with E-state index >= 15 is 4.39 Å². The van der Waals surface area contributed by atoms with Crippen LogP contribution in [0.15, 0.2) is 42.6 Å². The first kappa shape index (κ1) is 33.1. The third kappa shape index (κ3) is 6.51. The fourth-order valence-corrected chi connectivity index (χ4v) is 8.16. The van der Waals surface area contributed by atoms with Gasteiger partial charge in [-0.25, -0.2) is 12.8 Å². The highest BCUT2D eigenvalue weighted by Crippen LogP contribution is 2.37. The summed E-state index contributed by atoms with van der Waals surface area (Å²) in [6, 6.07) is 9.61. The second-order valence-electron chi connectivity index (χ2n) is 11.8. The molecule has 1 aliphatic carbocycles. The Morgan fingerprint density at radius 2 is 1.76 bits per heavy atom. The van der Waals surface area contributed by atoms with Gasteiger partial charge in [0.2, 0.25) is 0 Å². The number of ketones is 1. The number of rotatable bonds is 10. The van der Waals surface area contributed by atoms with E-state index < -0.39 is 44.9 Å². The van der Waals surface area contributed by atoms with E-state index in [1.54, 1.807) is 6.20 Å². The molecule has 1 N–H and O–H groups in total. The molecule has 3 aromatic rings. The van der Waals surface area contributed by atoms with Crippen molar-refractivity contribution in [2.75, 3.05) is 31.8 Å². The van der Waals surface area contributed by atoms with E-state index in [4.69, 9.17) is 21.1 Å². The molecule has 5 rings (SSSR count). The lowest BCUT2D eigenvalue weighted by molar-refractivity contribution is -0.168. The number of methoxy groups -OCH3 is 1. The number of likely N-dealkylation sites (tertiary alicyclic amines) is 1. The highest BCUT2D eigenvalue weighted by Gasteiger charge is 2.56. The Bertz CT molecular complexity index is 1730. The van der Waals surface area contributed by atoms with E-state index in [0.29, 0.717) is 62.6 Å². The maximum Gasteiger partial charge on any atom is 0.308 e. The number of nitrogens with zero attached hydrogens (tertiary/aromatic N) is 2. The molecule has 1 amide bonds. The second-order valence-corrected chi connectivity index (χ2v) is 14.3. The first-order chi connectivity index (χ1) is 21.4. The van der Waals surface area contributed by atoms with Crippen molar-refractivity contribution in [2.45, 2.75) is 56.1 Å². The molecule has 0 bridgehead atoms. The normalized spacial score (nSPS) is 20.6. The SMILES string of the molecule is COC(=O)C1CCC(OC(C(=O)Cc2cc(Cl)c(NC(=O)c3cn(C)c4ccccc34)cc2F)(N2CCCC2)S(C)(=O)=O)CC1. The van der Waals surface area contributed by atoms with Gasteiger partial charge in [-0.05, 0) is 62.3 Å². The fraction of sp³-hybridized carbons (Fsp3) is 0.469. The summed E-state index contributed by atoms with van der Waals surface area (Å²) < 4.78 is 55.5. The molecular weight excluding hydrogens is 625 g/mol. The van der Waals surface area contributed by atoms with E-state index in [9.17, 15) is 22.8 Å². The van der Waals surface area contributed by atoms with E-state index in [2.05, 4.69) is 5.32 Å². The summed E-state index contributed by atoms with van der Waals surface area (Å²) >= 11 is 6.48. The Morgan fingerprint density at radius 1 is 1.09 bits per heavy atom. The van der Waals surface area contributed by atoms with Crippen molar-refractivity contribution < 1.29 is 36.7 Å². The number of sulfone groups is 1. The number of nitrogens with one attached hydrogen (secondary N) is 1. The van der Waals surface area contributed by atoms with Gasteiger partial charge in [-0.3, -0.25) is 19.3 Å². The number of benzene rings is 2. The summed E-state index contributed by atoms with van der Waals surface area (Å²) in [5.41, 5.74) is 1.11. The molecule has 2 fully saturated rings. The summed E-state index contributed by atoms with van der Waals surface area (Å²) in [6.07, 6.45) is 4.36. The molecule has 1 aliphatic heterocycles. The quantitative estimate of drug-likeness (QED) is 0.305. The fourth-order valence-electron chi connectivity index (χ4n) is 6.48. The van der Waals surface area contributed by atoms with Gasteiger partial charge in [0.1, 0.15) is 5.82 Å². The first-order valence-corrected chi connectivity index (χ1v) is 17.2. The van der Waals surface area contributed by atoms with Gasteiger partial charge in [0.15, 0.2) is 15.6 Å². The van der Waals surface area contributed by atoms with Crippen LogP contribution in [0.1, 0.15) is 54.4 Å². The van der Waals surface area contributed by atoms with Crippen LogP contribution in [0, 0.1) is 11.7 Å². The number of aryl methyl sites for hydroxylation is 1. The number of para-hydroxylation sites is 1. The van der Waals surface area contributed by atoms with Crippen molar-refractivity contribution in [3.8, 4) is 0 Å². The number of hydrogen-bond donors (Lipinski definition) is 1. The smallest absolute Gasteiger partial charge is 0.308 e. The average molecular weight is 662 g/mol. The third-order valence-electron chi connectivity index (χ3n) is 8.79. The number of Topliss-reactive ketones (excluding diaryl/α,β-unsaturated/α-hetero) is 1. The van der Waals surface area contributed by atoms with Crippen LogP contribution in [0.4, 0.5) is 10.1 Å². The Hall–Kier alpha value is -3.32. The molecule has 0 spiro atoms. The Kier molecular flexibility index (Phi) is 9.69. The van der Waals surface area contributed by atoms with Gasteiger partial charge in [0.25, 0.3) is 11.0 Å². The van der Waals surface area contributed by atoms with E-state index in [1.807, 2.05) is 35.9 Å². The number of esters is 1. The zero-order valence-corrected chi connectivity index (χ0v) is 27.0. The molecule has 242 valence electrons. The molecule has 1 unspecified atom stereocenters. The highest BCUT2D eigenvalue weighted by molar-refractivity contribution is 7.92. The van der Waals surface area contributed by atoms with Crippen LogP contribution >= 0.6 is 11.6 Å². The lowest BCUT2D eigenvalue weighted by Gasteiger charge is -2.42. The number of halogens is 2. The molecule has 2 aliphatic rings. The maximum atomic E-state index is 15.6. The molecule has 10 nitrogen and oxygen atoms in total. The molecule has 1 saturated carbocycles. The summed E-state index contributed by atoms with van der Waals surface area (Å²) in [5.74, 6) is -2.80. The number of carbonyl (C=O) groups excluding carboxylic acids is 3. The standard InChI is InChI=1S/C32H37ClFN3O7S/c1-36-19-24(23-8-4-5-9-28(23)36)30(39)35-27-18-26(34)21(16-25(27)33)17-29(38)32(45(3,41)42,37-14-6-7-15-37)44-22-12-10-20(11-13-22)31(40)43-2/h4-5,8-9,16,18-20,22H,6-7,10-15,17H2,1-3H3,(H,35,39). The average Bonchev–Trinajstić information content (AvgIpc) is 3.66. The van der Waals surface area contributed by atoms with Gasteiger partial charge in [0, 0.05) is 49.9 Å². The lowest BCUT2D eigenvalue weighted by atomic mass is 9.87. The molecule has 13 heteroatoms. The van der Waals surface area contributed by atoms with Crippen molar-refractivity contribution in [3.05, 3.63) is 64.6 Å². The number of fused-ring (bicyclic) bond motifs is 1. The minimum atomic E-state index is -4.21. The van der Waals surface area contributed by atoms with Crippen LogP contribution in [0.2, 0.25) is 5.02 Å². The summed E-state index contributed by atoms with van der Waals surface area (Å²) in [4.78, 5) is 40.8. The van der Waals surface area contributed by atoms with Crippen molar-refractivity contribution in [1.29, 1.82) is 0 Å². The minimum Gasteiger partial charge on any atom is -0.469 e. The third-order valence-corrected chi connectivity index (χ3v) is 10.7. The van der Waals surface area contributed by atoms with Crippen molar-refractivity contribution in [1.82, 2.24) is 9.47 Å². The topological polar surface area (TPSA) is 124 Å². The van der Waals surface area contributed by atoms with Gasteiger partial charge in [-0.1, -0.05) is 29.8 Å². The van der Waals surface area contributed by atoms with Crippen molar-refractivity contribution >= 4 is 55.7 Å². The first-order valence-electron chi connectivity index (χ1n) is 14.9. The number of carbonyl (C=O) groups is 3. The highest BCUT2D eigenvalue weighted by atomic mass is 35.5. The number of anilines is 1. The summed E-state index contributed by atoms with van der Waals surface area (Å²) in [6.45, 7) is 0.636. The van der Waals surface area contributed by atoms with Crippen LogP contribution < -0.4 is 5.32 Å². The van der Waals surface area contributed by atoms with Crippen LogP contribution in [0.25, 0.3) is 10.9 Å². The van der Waals surface area contributed by atoms with Gasteiger partial charge < -0.3 is 19.4 Å². The van der Waals surface area contributed by atoms with E-state index in [-0.39, 0.29) is 28.2 Å². The van der Waals surface area contributed by atoms with Gasteiger partial charge in [-0.2, -0.15) is 0 Å². The van der Waals surface area contributed by atoms with Crippen LogP contribution in [0.5, 0.6) is 0 Å². The molecule has 1 atom stereocenters. The lowest BCUT2D eigenvalue weighted by Crippen LogP contribution is -2.62. The largest absolute Gasteiger partial charge is 0.469 e.